The van der Waals surface area contributed by atoms with Crippen molar-refractivity contribution >= 4 is 5.69 Å². The van der Waals surface area contributed by atoms with Crippen molar-refractivity contribution in [2.75, 3.05) is 20.0 Å². The molecule has 0 aliphatic rings. The Morgan fingerprint density at radius 3 is 1.50 bits per heavy atom. The SMILES string of the molecule is COc1c(F)c(N)c(F)c(OC)c1F. The van der Waals surface area contributed by atoms with Crippen LogP contribution in [0.2, 0.25) is 0 Å². The number of benzene rings is 1. The van der Waals surface area contributed by atoms with Crippen molar-refractivity contribution in [3.63, 3.8) is 0 Å². The maximum atomic E-state index is 13.2. The van der Waals surface area contributed by atoms with Crippen LogP contribution in [0.15, 0.2) is 0 Å². The standard InChI is InChI=1S/C8H8F3NO2/c1-13-7-3(9)6(12)4(10)8(14-2)5(7)11/h12H2,1-2H3. The Labute approximate surface area is 78.2 Å². The first kappa shape index (κ1) is 10.5. The van der Waals surface area contributed by atoms with Gasteiger partial charge in [0.05, 0.1) is 14.2 Å². The molecule has 0 heterocycles. The van der Waals surface area contributed by atoms with E-state index in [2.05, 4.69) is 9.47 Å². The third-order valence-electron chi connectivity index (χ3n) is 1.68. The lowest BCUT2D eigenvalue weighted by Gasteiger charge is -2.10. The summed E-state index contributed by atoms with van der Waals surface area (Å²) in [5.74, 6) is -5.33. The second-order valence-electron chi connectivity index (χ2n) is 2.42. The van der Waals surface area contributed by atoms with Crippen LogP contribution in [0.3, 0.4) is 0 Å². The number of nitrogen functional groups attached to an aromatic ring is 1. The van der Waals surface area contributed by atoms with Gasteiger partial charge in [0.1, 0.15) is 5.69 Å². The van der Waals surface area contributed by atoms with Crippen LogP contribution in [0.4, 0.5) is 18.9 Å². The van der Waals surface area contributed by atoms with E-state index in [1.807, 2.05) is 0 Å². The van der Waals surface area contributed by atoms with Gasteiger partial charge in [0.2, 0.25) is 5.82 Å². The minimum Gasteiger partial charge on any atom is -0.491 e. The number of nitrogens with two attached hydrogens (primary N) is 1. The highest BCUT2D eigenvalue weighted by atomic mass is 19.1. The molecule has 1 rings (SSSR count). The second kappa shape index (κ2) is 3.65. The van der Waals surface area contributed by atoms with Crippen LogP contribution >= 0.6 is 0 Å². The summed E-state index contributed by atoms with van der Waals surface area (Å²) in [4.78, 5) is 0. The Morgan fingerprint density at radius 2 is 1.21 bits per heavy atom. The van der Waals surface area contributed by atoms with Crippen LogP contribution < -0.4 is 15.2 Å². The van der Waals surface area contributed by atoms with E-state index in [-0.39, 0.29) is 0 Å². The van der Waals surface area contributed by atoms with E-state index in [9.17, 15) is 13.2 Å². The summed E-state index contributed by atoms with van der Waals surface area (Å²) in [6, 6.07) is 0. The molecule has 0 aromatic heterocycles. The molecule has 0 atom stereocenters. The van der Waals surface area contributed by atoms with Crippen LogP contribution in [0.25, 0.3) is 0 Å². The first-order valence-electron chi connectivity index (χ1n) is 3.58. The fourth-order valence-electron chi connectivity index (χ4n) is 0.995. The molecule has 0 saturated carbocycles. The van der Waals surface area contributed by atoms with E-state index in [1.54, 1.807) is 0 Å². The van der Waals surface area contributed by atoms with Crippen LogP contribution in [0, 0.1) is 17.5 Å². The van der Waals surface area contributed by atoms with Crippen molar-refractivity contribution in [3.05, 3.63) is 17.5 Å². The lowest BCUT2D eigenvalue weighted by Crippen LogP contribution is -2.05. The maximum absolute atomic E-state index is 13.2. The highest BCUT2D eigenvalue weighted by molar-refractivity contribution is 5.54. The Kier molecular flexibility index (Phi) is 2.73. The van der Waals surface area contributed by atoms with Crippen LogP contribution in [-0.2, 0) is 0 Å². The molecule has 0 saturated heterocycles. The molecule has 0 radical (unpaired) electrons. The monoisotopic (exact) mass is 207 g/mol. The zero-order chi connectivity index (χ0) is 10.9. The zero-order valence-corrected chi connectivity index (χ0v) is 7.53. The topological polar surface area (TPSA) is 44.5 Å². The minimum absolute atomic E-state index is 0.763. The Hall–Kier alpha value is -1.59. The van der Waals surface area contributed by atoms with E-state index in [4.69, 9.17) is 5.73 Å². The minimum atomic E-state index is -1.27. The number of rotatable bonds is 2. The summed E-state index contributed by atoms with van der Waals surface area (Å²) in [6.07, 6.45) is 0. The number of ether oxygens (including phenoxy) is 2. The fraction of sp³-hybridized carbons (Fsp3) is 0.250. The van der Waals surface area contributed by atoms with Crippen molar-refractivity contribution < 1.29 is 22.6 Å². The molecule has 3 nitrogen and oxygen atoms in total. The molecule has 14 heavy (non-hydrogen) atoms. The van der Waals surface area contributed by atoms with Gasteiger partial charge in [-0.15, -0.1) is 0 Å². The average molecular weight is 207 g/mol. The largest absolute Gasteiger partial charge is 0.491 e. The maximum Gasteiger partial charge on any atom is 0.213 e. The van der Waals surface area contributed by atoms with Gasteiger partial charge < -0.3 is 15.2 Å². The summed E-state index contributed by atoms with van der Waals surface area (Å²) in [5.41, 5.74) is 4.19. The molecule has 0 fully saturated rings. The lowest BCUT2D eigenvalue weighted by molar-refractivity contribution is 0.320. The predicted molar refractivity (Wildman–Crippen MR) is 43.8 cm³/mol. The molecular formula is C8H8F3NO2. The van der Waals surface area contributed by atoms with Gasteiger partial charge in [0, 0.05) is 0 Å². The molecule has 0 bridgehead atoms. The first-order chi connectivity index (χ1) is 6.54. The average Bonchev–Trinajstić information content (AvgIpc) is 2.16. The molecule has 0 aliphatic carbocycles. The van der Waals surface area contributed by atoms with Crippen LogP contribution in [0.1, 0.15) is 0 Å². The molecule has 0 aliphatic heterocycles. The van der Waals surface area contributed by atoms with Crippen molar-refractivity contribution in [2.24, 2.45) is 0 Å². The second-order valence-corrected chi connectivity index (χ2v) is 2.42. The predicted octanol–water partition coefficient (Wildman–Crippen LogP) is 1.70. The van der Waals surface area contributed by atoms with Crippen LogP contribution in [-0.4, -0.2) is 14.2 Å². The zero-order valence-electron chi connectivity index (χ0n) is 7.53. The molecule has 2 N–H and O–H groups in total. The molecule has 1 aromatic rings. The molecule has 0 unspecified atom stereocenters. The Morgan fingerprint density at radius 1 is 0.857 bits per heavy atom. The summed E-state index contributed by atoms with van der Waals surface area (Å²) in [7, 11) is 2.08. The van der Waals surface area contributed by atoms with Gasteiger partial charge in [-0.2, -0.15) is 4.39 Å². The number of hydrogen-bond acceptors (Lipinski definition) is 3. The number of hydrogen-bond donors (Lipinski definition) is 1. The first-order valence-corrected chi connectivity index (χ1v) is 3.58. The smallest absolute Gasteiger partial charge is 0.213 e. The van der Waals surface area contributed by atoms with E-state index < -0.39 is 34.6 Å². The summed E-state index contributed by atoms with van der Waals surface area (Å²) >= 11 is 0. The van der Waals surface area contributed by atoms with Crippen molar-refractivity contribution in [3.8, 4) is 11.5 Å². The summed E-state index contributed by atoms with van der Waals surface area (Å²) in [6.45, 7) is 0. The van der Waals surface area contributed by atoms with E-state index >= 15 is 0 Å². The Balaban J connectivity index is 3.56. The van der Waals surface area contributed by atoms with Gasteiger partial charge in [-0.05, 0) is 0 Å². The number of anilines is 1. The van der Waals surface area contributed by atoms with Gasteiger partial charge >= 0.3 is 0 Å². The Bertz CT molecular complexity index is 337. The molecular weight excluding hydrogens is 199 g/mol. The number of halogens is 3. The van der Waals surface area contributed by atoms with Crippen molar-refractivity contribution in [2.45, 2.75) is 0 Å². The van der Waals surface area contributed by atoms with Gasteiger partial charge in [-0.1, -0.05) is 0 Å². The number of methoxy groups -OCH3 is 2. The van der Waals surface area contributed by atoms with Gasteiger partial charge in [0.25, 0.3) is 0 Å². The van der Waals surface area contributed by atoms with Crippen molar-refractivity contribution in [1.29, 1.82) is 0 Å². The third-order valence-corrected chi connectivity index (χ3v) is 1.68. The third kappa shape index (κ3) is 1.32. The molecule has 6 heteroatoms. The van der Waals surface area contributed by atoms with Gasteiger partial charge in [-0.3, -0.25) is 0 Å². The van der Waals surface area contributed by atoms with E-state index in [0.717, 1.165) is 14.2 Å². The molecule has 1 aromatic carbocycles. The lowest BCUT2D eigenvalue weighted by atomic mass is 10.2. The summed E-state index contributed by atoms with van der Waals surface area (Å²) in [5, 5.41) is 0. The molecule has 0 amide bonds. The fourth-order valence-corrected chi connectivity index (χ4v) is 0.995. The molecule has 0 spiro atoms. The highest BCUT2D eigenvalue weighted by Gasteiger charge is 2.24. The summed E-state index contributed by atoms with van der Waals surface area (Å²) < 4.78 is 48.1. The van der Waals surface area contributed by atoms with Crippen LogP contribution in [0.5, 0.6) is 11.5 Å². The van der Waals surface area contributed by atoms with E-state index in [0.29, 0.717) is 0 Å². The quantitative estimate of drug-likeness (QED) is 0.750. The normalized spacial score (nSPS) is 10.1. The van der Waals surface area contributed by atoms with E-state index in [1.165, 1.54) is 0 Å². The van der Waals surface area contributed by atoms with Gasteiger partial charge in [-0.25, -0.2) is 8.78 Å². The molecule has 78 valence electrons. The van der Waals surface area contributed by atoms with Crippen molar-refractivity contribution in [1.82, 2.24) is 0 Å². The highest BCUT2D eigenvalue weighted by Crippen LogP contribution is 2.36. The van der Waals surface area contributed by atoms with Gasteiger partial charge in [0.15, 0.2) is 23.1 Å².